The first kappa shape index (κ1) is 16.4. The minimum Gasteiger partial charge on any atom is -0.481 e. The lowest BCUT2D eigenvalue weighted by molar-refractivity contribution is -0.140. The molecule has 0 aromatic heterocycles. The molecule has 7 nitrogen and oxygen atoms in total. The Morgan fingerprint density at radius 2 is 1.80 bits per heavy atom. The smallest absolute Gasteiger partial charge is 0.321 e. The molecule has 1 aromatic rings. The fraction of sp³-hybridized carbons (Fsp3) is 0.333. The first-order valence-electron chi connectivity index (χ1n) is 5.88. The van der Waals surface area contributed by atoms with E-state index >= 15 is 0 Å². The number of carbonyl (C=O) groups is 2. The molecule has 0 heterocycles. The highest BCUT2D eigenvalue weighted by atomic mass is 31.2. The zero-order valence-electron chi connectivity index (χ0n) is 10.6. The van der Waals surface area contributed by atoms with Crippen LogP contribution in [0.15, 0.2) is 30.3 Å². The van der Waals surface area contributed by atoms with Gasteiger partial charge in [0.1, 0.15) is 6.04 Å². The fourth-order valence-corrected chi connectivity index (χ4v) is 3.15. The number of rotatable bonds is 8. The maximum Gasteiger partial charge on any atom is 0.321 e. The highest BCUT2D eigenvalue weighted by molar-refractivity contribution is 7.55. The van der Waals surface area contributed by atoms with Crippen molar-refractivity contribution in [3.8, 4) is 0 Å². The number of hydrogen-bond acceptors (Lipinski definition) is 3. The van der Waals surface area contributed by atoms with E-state index in [0.717, 1.165) is 0 Å². The number of carboxylic acids is 2. The molecule has 0 aliphatic heterocycles. The van der Waals surface area contributed by atoms with Crippen LogP contribution in [0.4, 0.5) is 0 Å². The van der Waals surface area contributed by atoms with Gasteiger partial charge in [-0.1, -0.05) is 30.3 Å². The van der Waals surface area contributed by atoms with Gasteiger partial charge in [-0.25, -0.2) is 5.09 Å². The molecule has 20 heavy (non-hydrogen) atoms. The second-order valence-electron chi connectivity index (χ2n) is 4.30. The van der Waals surface area contributed by atoms with Crippen LogP contribution in [0, 0.1) is 0 Å². The Labute approximate surface area is 115 Å². The molecule has 0 amide bonds. The van der Waals surface area contributed by atoms with Gasteiger partial charge in [-0.2, -0.15) is 0 Å². The molecule has 0 aliphatic rings. The van der Waals surface area contributed by atoms with Gasteiger partial charge in [-0.3, -0.25) is 14.2 Å². The normalized spacial score (nSPS) is 15.2. The quantitative estimate of drug-likeness (QED) is 0.533. The Balaban J connectivity index is 2.68. The van der Waals surface area contributed by atoms with Crippen molar-refractivity contribution in [2.45, 2.75) is 25.0 Å². The summed E-state index contributed by atoms with van der Waals surface area (Å²) in [4.78, 5) is 31.2. The van der Waals surface area contributed by atoms with Crippen LogP contribution in [0.1, 0.15) is 18.4 Å². The Kier molecular flexibility index (Phi) is 5.88. The second kappa shape index (κ2) is 7.19. The van der Waals surface area contributed by atoms with E-state index in [4.69, 9.17) is 10.2 Å². The average molecular weight is 301 g/mol. The molecule has 0 fully saturated rings. The van der Waals surface area contributed by atoms with Crippen LogP contribution in [0.25, 0.3) is 0 Å². The maximum absolute atomic E-state index is 12.0. The molecule has 0 aliphatic carbocycles. The van der Waals surface area contributed by atoms with Crippen LogP contribution >= 0.6 is 7.52 Å². The van der Waals surface area contributed by atoms with Gasteiger partial charge < -0.3 is 15.1 Å². The molecular formula is C12H16NO6P. The van der Waals surface area contributed by atoms with Gasteiger partial charge in [0, 0.05) is 6.42 Å². The minimum absolute atomic E-state index is 0.218. The topological polar surface area (TPSA) is 124 Å². The number of carboxylic acid groups (broad SMARTS) is 2. The van der Waals surface area contributed by atoms with Crippen molar-refractivity contribution in [1.29, 1.82) is 0 Å². The number of nitrogens with one attached hydrogen (secondary N) is 1. The van der Waals surface area contributed by atoms with Crippen molar-refractivity contribution < 1.29 is 29.3 Å². The van der Waals surface area contributed by atoms with Gasteiger partial charge >= 0.3 is 11.9 Å². The second-order valence-corrected chi connectivity index (χ2v) is 6.28. The lowest BCUT2D eigenvalue weighted by atomic mass is 10.2. The summed E-state index contributed by atoms with van der Waals surface area (Å²) in [5, 5.41) is 19.6. The van der Waals surface area contributed by atoms with E-state index in [9.17, 15) is 19.0 Å². The molecule has 0 spiro atoms. The lowest BCUT2D eigenvalue weighted by Gasteiger charge is -2.18. The predicted octanol–water partition coefficient (Wildman–Crippen LogP) is 1.28. The molecule has 0 saturated heterocycles. The minimum atomic E-state index is -3.91. The van der Waals surface area contributed by atoms with E-state index in [0.29, 0.717) is 5.56 Å². The largest absolute Gasteiger partial charge is 0.481 e. The third kappa shape index (κ3) is 5.97. The maximum atomic E-state index is 12.0. The van der Waals surface area contributed by atoms with Crippen molar-refractivity contribution in [1.82, 2.24) is 5.09 Å². The zero-order chi connectivity index (χ0) is 15.2. The Bertz CT molecular complexity index is 518. The van der Waals surface area contributed by atoms with Crippen molar-refractivity contribution >= 4 is 19.5 Å². The van der Waals surface area contributed by atoms with Gasteiger partial charge in [0.05, 0.1) is 6.16 Å². The monoisotopic (exact) mass is 301 g/mol. The lowest BCUT2D eigenvalue weighted by Crippen LogP contribution is -2.35. The van der Waals surface area contributed by atoms with Crippen molar-refractivity contribution in [3.63, 3.8) is 0 Å². The van der Waals surface area contributed by atoms with E-state index in [-0.39, 0.29) is 12.6 Å². The number of aliphatic carboxylic acids is 2. The summed E-state index contributed by atoms with van der Waals surface area (Å²) in [7, 11) is -3.91. The van der Waals surface area contributed by atoms with E-state index in [1.807, 2.05) is 0 Å². The molecule has 8 heteroatoms. The van der Waals surface area contributed by atoms with Gasteiger partial charge in [0.25, 0.3) is 7.52 Å². The molecule has 0 saturated carbocycles. The first-order valence-corrected chi connectivity index (χ1v) is 7.73. The molecule has 1 unspecified atom stereocenters. The van der Waals surface area contributed by atoms with Gasteiger partial charge in [0.15, 0.2) is 0 Å². The summed E-state index contributed by atoms with van der Waals surface area (Å²) >= 11 is 0. The summed E-state index contributed by atoms with van der Waals surface area (Å²) in [5.74, 6) is -2.51. The number of hydrogen-bond donors (Lipinski definition) is 4. The Morgan fingerprint density at radius 3 is 2.30 bits per heavy atom. The van der Waals surface area contributed by atoms with E-state index < -0.39 is 31.9 Å². The molecule has 2 atom stereocenters. The SMILES string of the molecule is O=C(O)CC[C@H](NP(=O)(O)Cc1ccccc1)C(=O)O. The Morgan fingerprint density at radius 1 is 1.20 bits per heavy atom. The van der Waals surface area contributed by atoms with E-state index in [1.165, 1.54) is 0 Å². The summed E-state index contributed by atoms with van der Waals surface area (Å²) < 4.78 is 12.0. The predicted molar refractivity (Wildman–Crippen MR) is 71.4 cm³/mol. The van der Waals surface area contributed by atoms with Crippen molar-refractivity contribution in [2.75, 3.05) is 0 Å². The van der Waals surface area contributed by atoms with Gasteiger partial charge in [-0.15, -0.1) is 0 Å². The van der Waals surface area contributed by atoms with Crippen LogP contribution in [0.3, 0.4) is 0 Å². The van der Waals surface area contributed by atoms with E-state index in [1.54, 1.807) is 30.3 Å². The average Bonchev–Trinajstić information content (AvgIpc) is 2.34. The third-order valence-electron chi connectivity index (χ3n) is 2.54. The van der Waals surface area contributed by atoms with Crippen molar-refractivity contribution in [3.05, 3.63) is 35.9 Å². The summed E-state index contributed by atoms with van der Waals surface area (Å²) in [6.45, 7) is 0. The standard InChI is InChI=1S/C12H16NO6P/c14-11(15)7-6-10(12(16)17)13-20(18,19)8-9-4-2-1-3-5-9/h1-5,10H,6-8H2,(H,14,15)(H,16,17)(H2,13,18,19)/t10-/m0/s1. The zero-order valence-corrected chi connectivity index (χ0v) is 11.5. The molecule has 0 radical (unpaired) electrons. The summed E-state index contributed by atoms with van der Waals surface area (Å²) in [5.41, 5.74) is 0.591. The summed E-state index contributed by atoms with van der Waals surface area (Å²) in [6.07, 6.45) is -0.871. The van der Waals surface area contributed by atoms with Crippen LogP contribution in [0.5, 0.6) is 0 Å². The van der Waals surface area contributed by atoms with Gasteiger partial charge in [-0.05, 0) is 12.0 Å². The molecular weight excluding hydrogens is 285 g/mol. The highest BCUT2D eigenvalue weighted by Crippen LogP contribution is 2.40. The molecule has 110 valence electrons. The molecule has 0 bridgehead atoms. The van der Waals surface area contributed by atoms with E-state index in [2.05, 4.69) is 5.09 Å². The third-order valence-corrected chi connectivity index (χ3v) is 4.05. The summed E-state index contributed by atoms with van der Waals surface area (Å²) in [6, 6.07) is 7.09. The van der Waals surface area contributed by atoms with Gasteiger partial charge in [0.2, 0.25) is 0 Å². The van der Waals surface area contributed by atoms with Crippen LogP contribution in [0.2, 0.25) is 0 Å². The molecule has 1 aromatic carbocycles. The van der Waals surface area contributed by atoms with Crippen LogP contribution in [-0.4, -0.2) is 33.1 Å². The first-order chi connectivity index (χ1) is 9.30. The molecule has 4 N–H and O–H groups in total. The number of benzene rings is 1. The Hall–Kier alpha value is -1.69. The van der Waals surface area contributed by atoms with Crippen LogP contribution < -0.4 is 5.09 Å². The van der Waals surface area contributed by atoms with Crippen LogP contribution in [-0.2, 0) is 20.3 Å². The fourth-order valence-electron chi connectivity index (χ4n) is 1.63. The highest BCUT2D eigenvalue weighted by Gasteiger charge is 2.28. The molecule has 1 rings (SSSR count). The van der Waals surface area contributed by atoms with Crippen molar-refractivity contribution in [2.24, 2.45) is 0 Å².